The van der Waals surface area contributed by atoms with Crippen LogP contribution in [0.5, 0.6) is 5.75 Å². The van der Waals surface area contributed by atoms with E-state index >= 15 is 0 Å². The van der Waals surface area contributed by atoms with E-state index in [-0.39, 0.29) is 26.1 Å². The number of methoxy groups -OCH3 is 1. The first-order chi connectivity index (χ1) is 12.0. The molecule has 5 nitrogen and oxygen atoms in total. The monoisotopic (exact) mass is 346 g/mol. The average molecular weight is 346 g/mol. The number of benzene rings is 1. The van der Waals surface area contributed by atoms with Crippen LogP contribution in [0.25, 0.3) is 6.08 Å². The molecule has 0 heterocycles. The van der Waals surface area contributed by atoms with E-state index in [2.05, 4.69) is 6.58 Å². The summed E-state index contributed by atoms with van der Waals surface area (Å²) in [6.07, 6.45) is 5.48. The lowest BCUT2D eigenvalue weighted by molar-refractivity contribution is -0.171. The van der Waals surface area contributed by atoms with Gasteiger partial charge in [0.15, 0.2) is 5.41 Å². The number of hydrogen-bond acceptors (Lipinski definition) is 5. The summed E-state index contributed by atoms with van der Waals surface area (Å²) in [5.74, 6) is -0.420. The minimum atomic E-state index is -1.41. The van der Waals surface area contributed by atoms with E-state index in [1.807, 2.05) is 30.3 Å². The van der Waals surface area contributed by atoms with Crippen LogP contribution in [0.15, 0.2) is 43.0 Å². The Morgan fingerprint density at radius 1 is 1.04 bits per heavy atom. The summed E-state index contributed by atoms with van der Waals surface area (Å²) >= 11 is 0. The highest BCUT2D eigenvalue weighted by atomic mass is 16.6. The Hall–Kier alpha value is -2.56. The second-order valence-electron chi connectivity index (χ2n) is 5.40. The molecule has 25 heavy (non-hydrogen) atoms. The second-order valence-corrected chi connectivity index (χ2v) is 5.40. The molecule has 1 aromatic rings. The zero-order valence-electron chi connectivity index (χ0n) is 15.1. The molecule has 0 N–H and O–H groups in total. The van der Waals surface area contributed by atoms with E-state index in [1.54, 1.807) is 27.0 Å². The van der Waals surface area contributed by atoms with Crippen molar-refractivity contribution in [2.45, 2.75) is 26.7 Å². The molecule has 0 atom stereocenters. The fourth-order valence-electron chi connectivity index (χ4n) is 2.40. The van der Waals surface area contributed by atoms with Gasteiger partial charge in [0.05, 0.1) is 20.3 Å². The van der Waals surface area contributed by atoms with Crippen molar-refractivity contribution < 1.29 is 23.8 Å². The van der Waals surface area contributed by atoms with Crippen molar-refractivity contribution >= 4 is 18.0 Å². The Morgan fingerprint density at radius 2 is 1.60 bits per heavy atom. The standard InChI is InChI=1S/C20H26O5/c1-5-14-20(18(21)24-6-2,19(22)25-7-3)15-8-9-16-10-12-17(23-4)13-11-16/h5,8-13H,1,6-7,14-15H2,2-4H3/b9-8+. The van der Waals surface area contributed by atoms with Crippen molar-refractivity contribution in [2.75, 3.05) is 20.3 Å². The van der Waals surface area contributed by atoms with Gasteiger partial charge in [-0.2, -0.15) is 0 Å². The van der Waals surface area contributed by atoms with Gasteiger partial charge in [0.2, 0.25) is 0 Å². The number of esters is 2. The van der Waals surface area contributed by atoms with Crippen molar-refractivity contribution in [3.05, 3.63) is 48.6 Å². The second kappa shape index (κ2) is 10.3. The lowest BCUT2D eigenvalue weighted by atomic mass is 9.80. The Kier molecular flexibility index (Phi) is 8.47. The molecule has 0 aliphatic rings. The third kappa shape index (κ3) is 5.48. The maximum atomic E-state index is 12.5. The average Bonchev–Trinajstić information content (AvgIpc) is 2.61. The van der Waals surface area contributed by atoms with E-state index in [0.717, 1.165) is 11.3 Å². The molecule has 0 unspecified atom stereocenters. The van der Waals surface area contributed by atoms with Crippen molar-refractivity contribution in [1.82, 2.24) is 0 Å². The summed E-state index contributed by atoms with van der Waals surface area (Å²) < 4.78 is 15.4. The molecule has 0 aliphatic carbocycles. The Bertz CT molecular complexity index is 583. The molecule has 0 amide bonds. The number of rotatable bonds is 10. The quantitative estimate of drug-likeness (QED) is 0.366. The van der Waals surface area contributed by atoms with Crippen molar-refractivity contribution in [2.24, 2.45) is 5.41 Å². The molecule has 0 aliphatic heterocycles. The summed E-state index contributed by atoms with van der Waals surface area (Å²) in [7, 11) is 1.60. The van der Waals surface area contributed by atoms with Crippen LogP contribution >= 0.6 is 0 Å². The third-order valence-electron chi connectivity index (χ3n) is 3.72. The summed E-state index contributed by atoms with van der Waals surface area (Å²) in [6, 6.07) is 7.46. The first kappa shape index (κ1) is 20.5. The Balaban J connectivity index is 3.04. The highest BCUT2D eigenvalue weighted by Crippen LogP contribution is 2.32. The number of allylic oxidation sites excluding steroid dienone is 2. The lowest BCUT2D eigenvalue weighted by Crippen LogP contribution is -2.41. The zero-order valence-corrected chi connectivity index (χ0v) is 15.1. The molecule has 0 saturated heterocycles. The summed E-state index contributed by atoms with van der Waals surface area (Å²) in [5, 5.41) is 0. The fourth-order valence-corrected chi connectivity index (χ4v) is 2.40. The maximum absolute atomic E-state index is 12.5. The largest absolute Gasteiger partial charge is 0.497 e. The molecule has 0 fully saturated rings. The Morgan fingerprint density at radius 3 is 2.04 bits per heavy atom. The van der Waals surface area contributed by atoms with Gasteiger partial charge in [-0.05, 0) is 44.4 Å². The number of carbonyl (C=O) groups is 2. The van der Waals surface area contributed by atoms with Gasteiger partial charge in [0, 0.05) is 0 Å². The van der Waals surface area contributed by atoms with Gasteiger partial charge in [-0.1, -0.05) is 30.4 Å². The van der Waals surface area contributed by atoms with Gasteiger partial charge in [0.25, 0.3) is 0 Å². The highest BCUT2D eigenvalue weighted by molar-refractivity contribution is 6.00. The van der Waals surface area contributed by atoms with E-state index in [1.165, 1.54) is 6.08 Å². The maximum Gasteiger partial charge on any atom is 0.324 e. The van der Waals surface area contributed by atoms with Crippen LogP contribution in [-0.4, -0.2) is 32.3 Å². The van der Waals surface area contributed by atoms with Gasteiger partial charge in [-0.25, -0.2) is 0 Å². The van der Waals surface area contributed by atoms with Gasteiger partial charge < -0.3 is 14.2 Å². The van der Waals surface area contributed by atoms with E-state index < -0.39 is 17.4 Å². The van der Waals surface area contributed by atoms with E-state index in [9.17, 15) is 9.59 Å². The van der Waals surface area contributed by atoms with Crippen LogP contribution in [0, 0.1) is 5.41 Å². The first-order valence-electron chi connectivity index (χ1n) is 8.30. The predicted molar refractivity (Wildman–Crippen MR) is 97.2 cm³/mol. The molecule has 136 valence electrons. The third-order valence-corrected chi connectivity index (χ3v) is 3.72. The zero-order chi connectivity index (χ0) is 18.7. The molecule has 0 saturated carbocycles. The topological polar surface area (TPSA) is 61.8 Å². The van der Waals surface area contributed by atoms with Gasteiger partial charge >= 0.3 is 11.9 Å². The van der Waals surface area contributed by atoms with Gasteiger partial charge in [0.1, 0.15) is 5.75 Å². The molecule has 0 spiro atoms. The molecule has 1 aromatic carbocycles. The van der Waals surface area contributed by atoms with Crippen LogP contribution < -0.4 is 4.74 Å². The normalized spacial score (nSPS) is 11.2. The molecule has 0 bridgehead atoms. The first-order valence-corrected chi connectivity index (χ1v) is 8.30. The highest BCUT2D eigenvalue weighted by Gasteiger charge is 2.46. The molecule has 1 rings (SSSR count). The molecule has 0 aromatic heterocycles. The van der Waals surface area contributed by atoms with Crippen LogP contribution in [0.1, 0.15) is 32.3 Å². The van der Waals surface area contributed by atoms with Crippen LogP contribution in [-0.2, 0) is 19.1 Å². The van der Waals surface area contributed by atoms with E-state index in [4.69, 9.17) is 14.2 Å². The predicted octanol–water partition coefficient (Wildman–Crippen LogP) is 3.79. The van der Waals surface area contributed by atoms with E-state index in [0.29, 0.717) is 0 Å². The van der Waals surface area contributed by atoms with Crippen molar-refractivity contribution in [3.63, 3.8) is 0 Å². The van der Waals surface area contributed by atoms with Gasteiger partial charge in [-0.15, -0.1) is 6.58 Å². The molecular weight excluding hydrogens is 320 g/mol. The SMILES string of the molecule is C=CCC(C/C=C/c1ccc(OC)cc1)(C(=O)OCC)C(=O)OCC. The van der Waals surface area contributed by atoms with Crippen molar-refractivity contribution in [1.29, 1.82) is 0 Å². The minimum Gasteiger partial charge on any atom is -0.497 e. The summed E-state index contributed by atoms with van der Waals surface area (Å²) in [6.45, 7) is 7.46. The number of ether oxygens (including phenoxy) is 3. The smallest absolute Gasteiger partial charge is 0.324 e. The van der Waals surface area contributed by atoms with Crippen molar-refractivity contribution in [3.8, 4) is 5.75 Å². The summed E-state index contributed by atoms with van der Waals surface area (Å²) in [4.78, 5) is 25.0. The fraction of sp³-hybridized carbons (Fsp3) is 0.400. The van der Waals surface area contributed by atoms with Crippen LogP contribution in [0.3, 0.4) is 0 Å². The van der Waals surface area contributed by atoms with Gasteiger partial charge in [-0.3, -0.25) is 9.59 Å². The molecule has 5 heteroatoms. The molecule has 0 radical (unpaired) electrons. The van der Waals surface area contributed by atoms with Crippen LogP contribution in [0.2, 0.25) is 0 Å². The number of carbonyl (C=O) groups excluding carboxylic acids is 2. The number of hydrogen-bond donors (Lipinski definition) is 0. The Labute approximate surface area is 149 Å². The van der Waals surface area contributed by atoms with Crippen LogP contribution in [0.4, 0.5) is 0 Å². The summed E-state index contributed by atoms with van der Waals surface area (Å²) in [5.41, 5.74) is -0.475. The minimum absolute atomic E-state index is 0.150. The lowest BCUT2D eigenvalue weighted by Gasteiger charge is -2.26. The molecular formula is C20H26O5.